The van der Waals surface area contributed by atoms with E-state index in [2.05, 4.69) is 15.5 Å². The van der Waals surface area contributed by atoms with Crippen LogP contribution in [0.1, 0.15) is 28.2 Å². The summed E-state index contributed by atoms with van der Waals surface area (Å²) >= 11 is 0. The molecule has 1 amide bonds. The van der Waals surface area contributed by atoms with Gasteiger partial charge in [-0.05, 0) is 13.8 Å². The zero-order chi connectivity index (χ0) is 13.9. The summed E-state index contributed by atoms with van der Waals surface area (Å²) in [5, 5.41) is 25.9. The molecule has 8 nitrogen and oxygen atoms in total. The number of carbonyl (C=O) groups is 3. The van der Waals surface area contributed by atoms with E-state index < -0.39 is 30.3 Å². The van der Waals surface area contributed by atoms with Gasteiger partial charge in [-0.25, -0.2) is 4.79 Å². The van der Waals surface area contributed by atoms with E-state index in [0.29, 0.717) is 11.4 Å². The Kier molecular flexibility index (Phi) is 4.03. The predicted molar refractivity (Wildman–Crippen MR) is 59.2 cm³/mol. The molecule has 0 aliphatic heterocycles. The lowest BCUT2D eigenvalue weighted by atomic mass is 10.1. The second-order valence-electron chi connectivity index (χ2n) is 3.77. The fourth-order valence-corrected chi connectivity index (χ4v) is 1.49. The van der Waals surface area contributed by atoms with Crippen LogP contribution in [0.25, 0.3) is 0 Å². The summed E-state index contributed by atoms with van der Waals surface area (Å²) < 4.78 is 0. The molecule has 1 atom stereocenters. The Labute approximate surface area is 102 Å². The van der Waals surface area contributed by atoms with Gasteiger partial charge in [0.2, 0.25) is 0 Å². The number of hydrogen-bond donors (Lipinski definition) is 4. The van der Waals surface area contributed by atoms with Crippen molar-refractivity contribution in [3.63, 3.8) is 0 Å². The monoisotopic (exact) mass is 255 g/mol. The first-order chi connectivity index (χ1) is 8.32. The topological polar surface area (TPSA) is 132 Å². The summed E-state index contributed by atoms with van der Waals surface area (Å²) in [6.45, 7) is 3.20. The molecule has 1 aromatic heterocycles. The third-order valence-corrected chi connectivity index (χ3v) is 2.34. The Bertz CT molecular complexity index is 474. The van der Waals surface area contributed by atoms with E-state index in [1.807, 2.05) is 0 Å². The first-order valence-corrected chi connectivity index (χ1v) is 5.10. The highest BCUT2D eigenvalue weighted by Gasteiger charge is 2.25. The number of aryl methyl sites for hydroxylation is 2. The summed E-state index contributed by atoms with van der Waals surface area (Å²) in [6.07, 6.45) is -0.684. The smallest absolute Gasteiger partial charge is 0.326 e. The summed E-state index contributed by atoms with van der Waals surface area (Å²) in [7, 11) is 0. The van der Waals surface area contributed by atoms with E-state index in [1.165, 1.54) is 0 Å². The van der Waals surface area contributed by atoms with Gasteiger partial charge >= 0.3 is 11.9 Å². The zero-order valence-corrected chi connectivity index (χ0v) is 9.85. The molecular formula is C10H13N3O5. The Hall–Kier alpha value is -2.38. The van der Waals surface area contributed by atoms with E-state index in [9.17, 15) is 14.4 Å². The Morgan fingerprint density at radius 3 is 2.33 bits per heavy atom. The van der Waals surface area contributed by atoms with Crippen LogP contribution in [0, 0.1) is 13.8 Å². The van der Waals surface area contributed by atoms with Gasteiger partial charge in [-0.3, -0.25) is 14.7 Å². The minimum atomic E-state index is -1.47. The number of rotatable bonds is 5. The average Bonchev–Trinajstić information content (AvgIpc) is 2.56. The number of carboxylic acid groups (broad SMARTS) is 2. The third kappa shape index (κ3) is 3.06. The molecule has 1 unspecified atom stereocenters. The zero-order valence-electron chi connectivity index (χ0n) is 9.85. The first kappa shape index (κ1) is 13.7. The molecule has 0 fully saturated rings. The van der Waals surface area contributed by atoms with Gasteiger partial charge in [-0.15, -0.1) is 0 Å². The molecule has 0 bridgehead atoms. The number of nitrogens with zero attached hydrogens (tertiary/aromatic N) is 1. The number of aromatic nitrogens is 2. The maximum Gasteiger partial charge on any atom is 0.326 e. The van der Waals surface area contributed by atoms with Gasteiger partial charge in [-0.2, -0.15) is 5.10 Å². The van der Waals surface area contributed by atoms with Crippen LogP contribution < -0.4 is 5.32 Å². The molecule has 0 aromatic carbocycles. The van der Waals surface area contributed by atoms with Crippen LogP contribution in [0.4, 0.5) is 0 Å². The molecule has 8 heteroatoms. The number of amides is 1. The van der Waals surface area contributed by atoms with Crippen LogP contribution in [-0.4, -0.2) is 44.3 Å². The Morgan fingerprint density at radius 2 is 1.94 bits per heavy atom. The number of aliphatic carboxylic acids is 2. The molecule has 98 valence electrons. The largest absolute Gasteiger partial charge is 0.481 e. The fourth-order valence-electron chi connectivity index (χ4n) is 1.49. The first-order valence-electron chi connectivity index (χ1n) is 5.10. The fraction of sp³-hybridized carbons (Fsp3) is 0.400. The van der Waals surface area contributed by atoms with Crippen LogP contribution >= 0.6 is 0 Å². The highest BCUT2D eigenvalue weighted by molar-refractivity contribution is 5.99. The quantitative estimate of drug-likeness (QED) is 0.570. The minimum absolute atomic E-state index is 0.228. The van der Waals surface area contributed by atoms with E-state index >= 15 is 0 Å². The van der Waals surface area contributed by atoms with Crippen molar-refractivity contribution in [3.8, 4) is 0 Å². The van der Waals surface area contributed by atoms with Gasteiger partial charge in [-0.1, -0.05) is 0 Å². The van der Waals surface area contributed by atoms with E-state index in [1.54, 1.807) is 13.8 Å². The van der Waals surface area contributed by atoms with Crippen molar-refractivity contribution in [2.45, 2.75) is 26.3 Å². The number of H-pyrrole nitrogens is 1. The summed E-state index contributed by atoms with van der Waals surface area (Å²) in [6, 6.07) is -1.47. The number of carbonyl (C=O) groups excluding carboxylic acids is 1. The molecule has 0 aliphatic carbocycles. The van der Waals surface area contributed by atoms with Crippen molar-refractivity contribution in [1.82, 2.24) is 15.5 Å². The number of carboxylic acids is 2. The van der Waals surface area contributed by atoms with Crippen molar-refractivity contribution in [2.75, 3.05) is 0 Å². The predicted octanol–water partition coefficient (Wildman–Crippen LogP) is -0.316. The average molecular weight is 255 g/mol. The third-order valence-electron chi connectivity index (χ3n) is 2.34. The molecule has 4 N–H and O–H groups in total. The lowest BCUT2D eigenvalue weighted by Crippen LogP contribution is -2.42. The number of hydrogen-bond acceptors (Lipinski definition) is 4. The normalized spacial score (nSPS) is 11.9. The molecule has 0 saturated carbocycles. The van der Waals surface area contributed by atoms with Crippen LogP contribution in [0.5, 0.6) is 0 Å². The van der Waals surface area contributed by atoms with E-state index in [-0.39, 0.29) is 5.56 Å². The maximum absolute atomic E-state index is 11.8. The van der Waals surface area contributed by atoms with Gasteiger partial charge in [0.25, 0.3) is 5.91 Å². The second kappa shape index (κ2) is 5.30. The summed E-state index contributed by atoms with van der Waals surface area (Å²) in [5.41, 5.74) is 1.14. The maximum atomic E-state index is 11.8. The SMILES string of the molecule is Cc1n[nH]c(C)c1C(=O)NC(CC(=O)O)C(=O)O. The van der Waals surface area contributed by atoms with Gasteiger partial charge in [0.15, 0.2) is 0 Å². The molecule has 0 radical (unpaired) electrons. The number of nitrogens with one attached hydrogen (secondary N) is 2. The van der Waals surface area contributed by atoms with Gasteiger partial charge in [0.05, 0.1) is 17.7 Å². The van der Waals surface area contributed by atoms with Crippen molar-refractivity contribution < 1.29 is 24.6 Å². The molecule has 1 aromatic rings. The van der Waals surface area contributed by atoms with Crippen LogP contribution in [-0.2, 0) is 9.59 Å². The Balaban J connectivity index is 2.85. The highest BCUT2D eigenvalue weighted by Crippen LogP contribution is 2.09. The molecule has 1 heterocycles. The summed E-state index contributed by atoms with van der Waals surface area (Å²) in [4.78, 5) is 33.1. The molecule has 1 rings (SSSR count). The van der Waals surface area contributed by atoms with Crippen molar-refractivity contribution in [2.24, 2.45) is 0 Å². The van der Waals surface area contributed by atoms with Crippen molar-refractivity contribution >= 4 is 17.8 Å². The molecule has 0 spiro atoms. The van der Waals surface area contributed by atoms with Crippen molar-refractivity contribution in [3.05, 3.63) is 17.0 Å². The van der Waals surface area contributed by atoms with E-state index in [4.69, 9.17) is 10.2 Å². The molecular weight excluding hydrogens is 242 g/mol. The van der Waals surface area contributed by atoms with Crippen LogP contribution in [0.3, 0.4) is 0 Å². The second-order valence-corrected chi connectivity index (χ2v) is 3.77. The van der Waals surface area contributed by atoms with Crippen LogP contribution in [0.15, 0.2) is 0 Å². The van der Waals surface area contributed by atoms with E-state index in [0.717, 1.165) is 0 Å². The highest BCUT2D eigenvalue weighted by atomic mass is 16.4. The standard InChI is InChI=1S/C10H13N3O5/c1-4-8(5(2)13-12-4)9(16)11-6(10(17)18)3-7(14)15/h6H,3H2,1-2H3,(H,11,16)(H,12,13)(H,14,15)(H,17,18). The van der Waals surface area contributed by atoms with Crippen molar-refractivity contribution in [1.29, 1.82) is 0 Å². The van der Waals surface area contributed by atoms with Gasteiger partial charge < -0.3 is 15.5 Å². The van der Waals surface area contributed by atoms with Gasteiger partial charge in [0, 0.05) is 5.69 Å². The summed E-state index contributed by atoms with van der Waals surface area (Å²) in [5.74, 6) is -3.36. The number of aromatic amines is 1. The Morgan fingerprint density at radius 1 is 1.33 bits per heavy atom. The molecule has 0 aliphatic rings. The molecule has 18 heavy (non-hydrogen) atoms. The lowest BCUT2D eigenvalue weighted by Gasteiger charge is -2.12. The minimum Gasteiger partial charge on any atom is -0.481 e. The lowest BCUT2D eigenvalue weighted by molar-refractivity contribution is -0.145. The van der Waals surface area contributed by atoms with Crippen LogP contribution in [0.2, 0.25) is 0 Å². The van der Waals surface area contributed by atoms with Gasteiger partial charge in [0.1, 0.15) is 6.04 Å². The molecule has 0 saturated heterocycles.